The first-order chi connectivity index (χ1) is 13.0. The molecule has 2 aromatic heterocycles. The molecule has 0 aliphatic rings. The Bertz CT molecular complexity index is 972. The fourth-order valence-corrected chi connectivity index (χ4v) is 3.28. The lowest BCUT2D eigenvalue weighted by molar-refractivity contribution is 0.0600. The molecule has 3 aromatic rings. The number of carbonyl (C=O) groups excluding carboxylic acids is 2. The Labute approximate surface area is 160 Å². The fraction of sp³-hybridized carbons (Fsp3) is 0.158. The van der Waals surface area contributed by atoms with E-state index in [-0.39, 0.29) is 5.91 Å². The summed E-state index contributed by atoms with van der Waals surface area (Å²) >= 11 is 1.36. The van der Waals surface area contributed by atoms with E-state index in [1.54, 1.807) is 49.6 Å². The number of nitrogens with zero attached hydrogens (tertiary/aromatic N) is 3. The first-order valence-corrected chi connectivity index (χ1v) is 8.93. The summed E-state index contributed by atoms with van der Waals surface area (Å²) in [5.41, 5.74) is 1.38. The van der Waals surface area contributed by atoms with Gasteiger partial charge < -0.3 is 10.1 Å². The van der Waals surface area contributed by atoms with Crippen LogP contribution >= 0.6 is 11.3 Å². The molecule has 0 spiro atoms. The number of hydrogen-bond donors (Lipinski definition) is 1. The van der Waals surface area contributed by atoms with Crippen LogP contribution in [0.25, 0.3) is 0 Å². The second-order valence-corrected chi connectivity index (χ2v) is 6.86. The van der Waals surface area contributed by atoms with Crippen LogP contribution in [0.3, 0.4) is 0 Å². The molecular formula is C19H18N4O3S. The van der Waals surface area contributed by atoms with E-state index in [2.05, 4.69) is 15.3 Å². The minimum absolute atomic E-state index is 0.273. The van der Waals surface area contributed by atoms with Gasteiger partial charge in [0.05, 0.1) is 17.7 Å². The highest BCUT2D eigenvalue weighted by Crippen LogP contribution is 2.29. The minimum atomic E-state index is -0.426. The molecule has 0 bridgehead atoms. The second-order valence-electron chi connectivity index (χ2n) is 5.66. The number of aryl methyl sites for hydroxylation is 1. The SMILES string of the molecule is COC(=O)c1cccc(Nc2sc(C)nc2C(=O)N(C)c2ccccn2)c1. The van der Waals surface area contributed by atoms with Gasteiger partial charge >= 0.3 is 5.97 Å². The molecule has 8 heteroatoms. The van der Waals surface area contributed by atoms with Crippen LogP contribution in [0.1, 0.15) is 25.9 Å². The van der Waals surface area contributed by atoms with Gasteiger partial charge in [-0.1, -0.05) is 12.1 Å². The third-order valence-electron chi connectivity index (χ3n) is 3.78. The van der Waals surface area contributed by atoms with Gasteiger partial charge in [-0.3, -0.25) is 9.69 Å². The van der Waals surface area contributed by atoms with Crippen molar-refractivity contribution in [3.05, 3.63) is 64.9 Å². The molecule has 0 fully saturated rings. The molecule has 0 aliphatic carbocycles. The van der Waals surface area contributed by atoms with Crippen LogP contribution in [0.5, 0.6) is 0 Å². The van der Waals surface area contributed by atoms with E-state index in [9.17, 15) is 9.59 Å². The van der Waals surface area contributed by atoms with Crippen molar-refractivity contribution in [2.75, 3.05) is 24.4 Å². The van der Waals surface area contributed by atoms with Gasteiger partial charge in [-0.25, -0.2) is 14.8 Å². The summed E-state index contributed by atoms with van der Waals surface area (Å²) in [5, 5.41) is 4.53. The van der Waals surface area contributed by atoms with Crippen LogP contribution in [-0.2, 0) is 4.74 Å². The molecule has 3 rings (SSSR count). The van der Waals surface area contributed by atoms with E-state index in [0.29, 0.717) is 27.8 Å². The molecule has 2 heterocycles. The predicted octanol–water partition coefficient (Wildman–Crippen LogP) is 3.65. The van der Waals surface area contributed by atoms with E-state index < -0.39 is 5.97 Å². The van der Waals surface area contributed by atoms with E-state index in [0.717, 1.165) is 5.01 Å². The van der Waals surface area contributed by atoms with E-state index in [1.807, 2.05) is 13.0 Å². The Kier molecular flexibility index (Phi) is 5.46. The van der Waals surface area contributed by atoms with Crippen molar-refractivity contribution < 1.29 is 14.3 Å². The maximum absolute atomic E-state index is 12.9. The number of nitrogens with one attached hydrogen (secondary N) is 1. The monoisotopic (exact) mass is 382 g/mol. The van der Waals surface area contributed by atoms with Gasteiger partial charge in [-0.05, 0) is 37.3 Å². The summed E-state index contributed by atoms with van der Waals surface area (Å²) in [4.78, 5) is 34.6. The van der Waals surface area contributed by atoms with Gasteiger partial charge in [0.15, 0.2) is 5.69 Å². The normalized spacial score (nSPS) is 10.3. The molecule has 1 N–H and O–H groups in total. The quantitative estimate of drug-likeness (QED) is 0.678. The average molecular weight is 382 g/mol. The molecule has 0 aliphatic heterocycles. The van der Waals surface area contributed by atoms with Crippen molar-refractivity contribution in [2.24, 2.45) is 0 Å². The molecule has 0 saturated heterocycles. The molecule has 138 valence electrons. The number of benzene rings is 1. The molecule has 0 radical (unpaired) electrons. The number of methoxy groups -OCH3 is 1. The third-order valence-corrected chi connectivity index (χ3v) is 4.66. The summed E-state index contributed by atoms with van der Waals surface area (Å²) in [6, 6.07) is 12.2. The standard InChI is InChI=1S/C19H18N4O3S/c1-12-21-16(18(24)23(2)15-9-4-5-10-20-15)17(27-12)22-14-8-6-7-13(11-14)19(25)26-3/h4-11,22H,1-3H3. The number of anilines is 3. The summed E-state index contributed by atoms with van der Waals surface area (Å²) in [7, 11) is 2.99. The molecule has 0 saturated carbocycles. The van der Waals surface area contributed by atoms with Crippen molar-refractivity contribution in [1.82, 2.24) is 9.97 Å². The smallest absolute Gasteiger partial charge is 0.337 e. The van der Waals surface area contributed by atoms with Gasteiger partial charge in [0.25, 0.3) is 5.91 Å². The average Bonchev–Trinajstić information content (AvgIpc) is 3.07. The number of carbonyl (C=O) groups is 2. The van der Waals surface area contributed by atoms with Crippen LogP contribution in [0.15, 0.2) is 48.7 Å². The van der Waals surface area contributed by atoms with Gasteiger partial charge in [0, 0.05) is 18.9 Å². The molecular weight excluding hydrogens is 364 g/mol. The lowest BCUT2D eigenvalue weighted by Gasteiger charge is -2.16. The Hall–Kier alpha value is -3.26. The maximum Gasteiger partial charge on any atom is 0.337 e. The van der Waals surface area contributed by atoms with Gasteiger partial charge in [-0.15, -0.1) is 11.3 Å². The minimum Gasteiger partial charge on any atom is -0.465 e. The van der Waals surface area contributed by atoms with Gasteiger partial charge in [0.2, 0.25) is 0 Å². The zero-order valence-corrected chi connectivity index (χ0v) is 15.9. The Morgan fingerprint density at radius 3 is 2.70 bits per heavy atom. The Morgan fingerprint density at radius 1 is 1.19 bits per heavy atom. The Balaban J connectivity index is 1.88. The number of ether oxygens (including phenoxy) is 1. The van der Waals surface area contributed by atoms with Crippen LogP contribution in [0, 0.1) is 6.92 Å². The zero-order chi connectivity index (χ0) is 19.4. The lowest BCUT2D eigenvalue weighted by atomic mass is 10.2. The van der Waals surface area contributed by atoms with Crippen molar-refractivity contribution >= 4 is 39.7 Å². The number of hydrogen-bond acceptors (Lipinski definition) is 7. The molecule has 1 amide bonds. The highest BCUT2D eigenvalue weighted by molar-refractivity contribution is 7.16. The zero-order valence-electron chi connectivity index (χ0n) is 15.1. The molecule has 27 heavy (non-hydrogen) atoms. The van der Waals surface area contributed by atoms with E-state index in [4.69, 9.17) is 4.74 Å². The first kappa shape index (κ1) is 18.5. The number of thiazole rings is 1. The number of esters is 1. The van der Waals surface area contributed by atoms with Crippen molar-refractivity contribution in [1.29, 1.82) is 0 Å². The number of pyridine rings is 1. The lowest BCUT2D eigenvalue weighted by Crippen LogP contribution is -2.27. The predicted molar refractivity (Wildman–Crippen MR) is 105 cm³/mol. The highest BCUT2D eigenvalue weighted by Gasteiger charge is 2.22. The largest absolute Gasteiger partial charge is 0.465 e. The maximum atomic E-state index is 12.9. The Morgan fingerprint density at radius 2 is 2.00 bits per heavy atom. The van der Waals surface area contributed by atoms with Gasteiger partial charge in [0.1, 0.15) is 10.8 Å². The topological polar surface area (TPSA) is 84.4 Å². The first-order valence-electron chi connectivity index (χ1n) is 8.11. The van der Waals surface area contributed by atoms with Crippen molar-refractivity contribution in [2.45, 2.75) is 6.92 Å². The van der Waals surface area contributed by atoms with Crippen LogP contribution in [0.4, 0.5) is 16.5 Å². The second kappa shape index (κ2) is 7.96. The molecule has 0 atom stereocenters. The summed E-state index contributed by atoms with van der Waals surface area (Å²) in [5.74, 6) is -0.165. The van der Waals surface area contributed by atoms with E-state index in [1.165, 1.54) is 23.3 Å². The fourth-order valence-electron chi connectivity index (χ4n) is 2.44. The number of rotatable bonds is 5. The third kappa shape index (κ3) is 4.12. The van der Waals surface area contributed by atoms with Crippen LogP contribution < -0.4 is 10.2 Å². The van der Waals surface area contributed by atoms with Crippen molar-refractivity contribution in [3.8, 4) is 0 Å². The van der Waals surface area contributed by atoms with Crippen LogP contribution in [0.2, 0.25) is 0 Å². The summed E-state index contributed by atoms with van der Waals surface area (Å²) in [6.07, 6.45) is 1.63. The van der Waals surface area contributed by atoms with Crippen LogP contribution in [-0.4, -0.2) is 36.0 Å². The summed E-state index contributed by atoms with van der Waals surface area (Å²) < 4.78 is 4.74. The number of amides is 1. The van der Waals surface area contributed by atoms with Gasteiger partial charge in [-0.2, -0.15) is 0 Å². The molecule has 7 nitrogen and oxygen atoms in total. The van der Waals surface area contributed by atoms with E-state index >= 15 is 0 Å². The molecule has 0 unspecified atom stereocenters. The number of aromatic nitrogens is 2. The highest BCUT2D eigenvalue weighted by atomic mass is 32.1. The summed E-state index contributed by atoms with van der Waals surface area (Å²) in [6.45, 7) is 1.83. The molecule has 1 aromatic carbocycles. The van der Waals surface area contributed by atoms with Crippen molar-refractivity contribution in [3.63, 3.8) is 0 Å².